The summed E-state index contributed by atoms with van der Waals surface area (Å²) in [5, 5.41) is 3.16. The lowest BCUT2D eigenvalue weighted by Crippen LogP contribution is -2.30. The fourth-order valence-corrected chi connectivity index (χ4v) is 3.59. The number of aryl methyl sites for hydroxylation is 1. The van der Waals surface area contributed by atoms with E-state index in [0.29, 0.717) is 16.2 Å². The second-order valence-electron chi connectivity index (χ2n) is 6.03. The molecule has 4 rings (SSSR count). The lowest BCUT2D eigenvalue weighted by atomic mass is 10.2. The highest BCUT2D eigenvalue weighted by molar-refractivity contribution is 7.22. The first-order valence-corrected chi connectivity index (χ1v) is 9.04. The van der Waals surface area contributed by atoms with E-state index in [9.17, 15) is 9.59 Å². The van der Waals surface area contributed by atoms with Crippen molar-refractivity contribution < 1.29 is 18.7 Å². The van der Waals surface area contributed by atoms with Gasteiger partial charge in [-0.25, -0.2) is 14.8 Å². The number of nitrogens with one attached hydrogen (secondary N) is 1. The van der Waals surface area contributed by atoms with E-state index in [2.05, 4.69) is 15.3 Å². The van der Waals surface area contributed by atoms with Crippen LogP contribution in [-0.2, 0) is 9.53 Å². The summed E-state index contributed by atoms with van der Waals surface area (Å²) in [6, 6.07) is 10.8. The van der Waals surface area contributed by atoms with Gasteiger partial charge in [0.05, 0.1) is 15.8 Å². The molecule has 2 aromatic heterocycles. The van der Waals surface area contributed by atoms with Crippen LogP contribution in [0.25, 0.3) is 21.3 Å². The number of anilines is 1. The first kappa shape index (κ1) is 17.2. The Kier molecular flexibility index (Phi) is 4.33. The lowest BCUT2D eigenvalue weighted by Gasteiger charge is -2.12. The number of hydrogen-bond acceptors (Lipinski definition) is 7. The highest BCUT2D eigenvalue weighted by Crippen LogP contribution is 2.27. The third-order valence-electron chi connectivity index (χ3n) is 4.01. The second kappa shape index (κ2) is 6.81. The summed E-state index contributed by atoms with van der Waals surface area (Å²) in [6.45, 7) is 3.50. The number of amides is 1. The zero-order chi connectivity index (χ0) is 19.0. The van der Waals surface area contributed by atoms with Crippen LogP contribution in [0.3, 0.4) is 0 Å². The molecule has 1 amide bonds. The maximum absolute atomic E-state index is 12.4. The van der Waals surface area contributed by atoms with E-state index in [0.717, 1.165) is 15.8 Å². The van der Waals surface area contributed by atoms with E-state index in [-0.39, 0.29) is 5.56 Å². The monoisotopic (exact) mass is 381 g/mol. The van der Waals surface area contributed by atoms with Crippen molar-refractivity contribution in [2.45, 2.75) is 20.0 Å². The first-order chi connectivity index (χ1) is 13.0. The number of fused-ring (bicyclic) bond motifs is 2. The molecule has 2 heterocycles. The van der Waals surface area contributed by atoms with Gasteiger partial charge in [-0.05, 0) is 43.7 Å². The summed E-state index contributed by atoms with van der Waals surface area (Å²) in [6.07, 6.45) is 0.264. The summed E-state index contributed by atoms with van der Waals surface area (Å²) in [4.78, 5) is 33.2. The molecule has 2 aromatic carbocycles. The third kappa shape index (κ3) is 3.39. The average Bonchev–Trinajstić information content (AvgIpc) is 3.26. The van der Waals surface area contributed by atoms with E-state index in [4.69, 9.17) is 9.15 Å². The van der Waals surface area contributed by atoms with Gasteiger partial charge in [-0.2, -0.15) is 0 Å². The molecule has 0 bridgehead atoms. The van der Waals surface area contributed by atoms with Crippen LogP contribution in [0.1, 0.15) is 22.8 Å². The van der Waals surface area contributed by atoms with Gasteiger partial charge in [0.2, 0.25) is 0 Å². The Morgan fingerprint density at radius 1 is 1.26 bits per heavy atom. The highest BCUT2D eigenvalue weighted by atomic mass is 32.1. The van der Waals surface area contributed by atoms with Crippen molar-refractivity contribution in [2.75, 3.05) is 5.32 Å². The topological polar surface area (TPSA) is 94.3 Å². The molecule has 1 unspecified atom stereocenters. The maximum atomic E-state index is 12.4. The smallest absolute Gasteiger partial charge is 0.341 e. The van der Waals surface area contributed by atoms with Crippen molar-refractivity contribution in [3.63, 3.8) is 0 Å². The van der Waals surface area contributed by atoms with Gasteiger partial charge in [-0.3, -0.25) is 10.1 Å². The molecule has 7 nitrogen and oxygen atoms in total. The molecule has 1 N–H and O–H groups in total. The van der Waals surface area contributed by atoms with Crippen LogP contribution in [0, 0.1) is 6.92 Å². The van der Waals surface area contributed by atoms with Crippen LogP contribution >= 0.6 is 11.3 Å². The van der Waals surface area contributed by atoms with E-state index < -0.39 is 18.0 Å². The molecule has 4 aromatic rings. The Morgan fingerprint density at radius 2 is 2.11 bits per heavy atom. The Morgan fingerprint density at radius 3 is 2.96 bits per heavy atom. The largest absolute Gasteiger partial charge is 0.449 e. The van der Waals surface area contributed by atoms with Gasteiger partial charge < -0.3 is 9.15 Å². The average molecular weight is 381 g/mol. The van der Waals surface area contributed by atoms with Crippen molar-refractivity contribution in [2.24, 2.45) is 0 Å². The van der Waals surface area contributed by atoms with Crippen LogP contribution < -0.4 is 5.32 Å². The van der Waals surface area contributed by atoms with Gasteiger partial charge >= 0.3 is 5.97 Å². The van der Waals surface area contributed by atoms with E-state index >= 15 is 0 Å². The SMILES string of the molecule is Cc1ccc2nc(NC(=O)C(C)OC(=O)c3cccc4ocnc34)sc2c1. The highest BCUT2D eigenvalue weighted by Gasteiger charge is 2.22. The number of nitrogens with zero attached hydrogens (tertiary/aromatic N) is 2. The van der Waals surface area contributed by atoms with Crippen molar-refractivity contribution in [1.82, 2.24) is 9.97 Å². The number of rotatable bonds is 4. The summed E-state index contributed by atoms with van der Waals surface area (Å²) < 4.78 is 11.4. The number of ether oxygens (including phenoxy) is 1. The summed E-state index contributed by atoms with van der Waals surface area (Å²) in [5.41, 5.74) is 3.05. The van der Waals surface area contributed by atoms with Crippen LogP contribution in [0.5, 0.6) is 0 Å². The molecule has 0 aliphatic rings. The molecule has 0 fully saturated rings. The fourth-order valence-electron chi connectivity index (χ4n) is 2.62. The van der Waals surface area contributed by atoms with E-state index in [1.54, 1.807) is 18.2 Å². The molecule has 0 aliphatic carbocycles. The van der Waals surface area contributed by atoms with E-state index in [1.165, 1.54) is 24.7 Å². The van der Waals surface area contributed by atoms with Gasteiger partial charge in [-0.15, -0.1) is 0 Å². The van der Waals surface area contributed by atoms with Crippen LogP contribution in [0.15, 0.2) is 47.2 Å². The van der Waals surface area contributed by atoms with Crippen molar-refractivity contribution in [3.05, 3.63) is 53.9 Å². The predicted octanol–water partition coefficient (Wildman–Crippen LogP) is 3.93. The third-order valence-corrected chi connectivity index (χ3v) is 4.94. The van der Waals surface area contributed by atoms with Crippen molar-refractivity contribution in [1.29, 1.82) is 0 Å². The lowest BCUT2D eigenvalue weighted by molar-refractivity contribution is -0.123. The molecular weight excluding hydrogens is 366 g/mol. The van der Waals surface area contributed by atoms with Gasteiger partial charge in [-0.1, -0.05) is 23.5 Å². The van der Waals surface area contributed by atoms with Gasteiger partial charge in [0, 0.05) is 0 Å². The number of carbonyl (C=O) groups excluding carboxylic acids is 2. The van der Waals surface area contributed by atoms with Crippen LogP contribution in [-0.4, -0.2) is 27.9 Å². The van der Waals surface area contributed by atoms with Gasteiger partial charge in [0.15, 0.2) is 23.2 Å². The minimum absolute atomic E-state index is 0.247. The molecule has 1 atom stereocenters. The fraction of sp³-hybridized carbons (Fsp3) is 0.158. The van der Waals surface area contributed by atoms with E-state index in [1.807, 2.05) is 25.1 Å². The molecule has 0 saturated carbocycles. The molecule has 27 heavy (non-hydrogen) atoms. The number of carbonyl (C=O) groups is 2. The second-order valence-corrected chi connectivity index (χ2v) is 7.06. The zero-order valence-corrected chi connectivity index (χ0v) is 15.4. The van der Waals surface area contributed by atoms with Gasteiger partial charge in [0.25, 0.3) is 5.91 Å². The normalized spacial score (nSPS) is 12.2. The van der Waals surface area contributed by atoms with Crippen molar-refractivity contribution in [3.8, 4) is 0 Å². The summed E-state index contributed by atoms with van der Waals surface area (Å²) in [5.74, 6) is -1.09. The number of esters is 1. The quantitative estimate of drug-likeness (QED) is 0.538. The minimum atomic E-state index is -0.992. The van der Waals surface area contributed by atoms with Crippen LogP contribution in [0.4, 0.5) is 5.13 Å². The number of hydrogen-bond donors (Lipinski definition) is 1. The molecule has 0 aliphatic heterocycles. The van der Waals surface area contributed by atoms with Gasteiger partial charge in [0.1, 0.15) is 5.52 Å². The Bertz CT molecular complexity index is 1160. The minimum Gasteiger partial charge on any atom is -0.449 e. The zero-order valence-electron chi connectivity index (χ0n) is 14.6. The molecule has 136 valence electrons. The molecular formula is C19H15N3O4S. The maximum Gasteiger partial charge on any atom is 0.341 e. The Labute approximate surface area is 158 Å². The standard InChI is InChI=1S/C19H15N3O4S/c1-10-6-7-13-15(8-10)27-19(21-13)22-17(23)11(2)26-18(24)12-4-3-5-14-16(12)20-9-25-14/h3-9,11H,1-2H3,(H,21,22,23). The number of aromatic nitrogens is 2. The predicted molar refractivity (Wildman–Crippen MR) is 102 cm³/mol. The first-order valence-electron chi connectivity index (χ1n) is 8.22. The number of thiazole rings is 1. The molecule has 0 spiro atoms. The number of oxazole rings is 1. The van der Waals surface area contributed by atoms with Crippen LogP contribution in [0.2, 0.25) is 0 Å². The number of benzene rings is 2. The molecule has 8 heteroatoms. The summed E-state index contributed by atoms with van der Waals surface area (Å²) in [7, 11) is 0. The summed E-state index contributed by atoms with van der Waals surface area (Å²) >= 11 is 1.37. The molecule has 0 radical (unpaired) electrons. The number of para-hydroxylation sites is 1. The van der Waals surface area contributed by atoms with Crippen molar-refractivity contribution >= 4 is 49.7 Å². The Hall–Kier alpha value is -3.26. The molecule has 0 saturated heterocycles. The Balaban J connectivity index is 1.47.